The first-order valence-electron chi connectivity index (χ1n) is 6.51. The number of hydrogen-bond donors (Lipinski definition) is 0. The van der Waals surface area contributed by atoms with Crippen LogP contribution in [-0.2, 0) is 9.53 Å². The van der Waals surface area contributed by atoms with Gasteiger partial charge in [0, 0.05) is 35.4 Å². The van der Waals surface area contributed by atoms with Crippen LogP contribution in [0.2, 0.25) is 5.02 Å². The molecule has 106 valence electrons. The Kier molecular flexibility index (Phi) is 4.79. The van der Waals surface area contributed by atoms with Crippen LogP contribution in [0.5, 0.6) is 0 Å². The zero-order valence-electron chi connectivity index (χ0n) is 11.6. The molecule has 2 rings (SSSR count). The number of carbonyl (C=O) groups excluding carboxylic acids is 1. The van der Waals surface area contributed by atoms with Crippen LogP contribution in [0.25, 0.3) is 10.9 Å². The second kappa shape index (κ2) is 6.57. The van der Waals surface area contributed by atoms with Gasteiger partial charge in [-0.3, -0.25) is 9.78 Å². The largest absolute Gasteiger partial charge is 0.469 e. The zero-order valence-corrected chi connectivity index (χ0v) is 12.4. The molecule has 0 amide bonds. The first-order valence-corrected chi connectivity index (χ1v) is 6.89. The van der Waals surface area contributed by atoms with Crippen molar-refractivity contribution in [3.8, 4) is 0 Å². The maximum atomic E-state index is 11.3. The topological polar surface area (TPSA) is 42.4 Å². The van der Waals surface area contributed by atoms with Crippen LogP contribution in [0.1, 0.15) is 13.3 Å². The number of ether oxygens (including phenoxy) is 1. The van der Waals surface area contributed by atoms with E-state index in [1.807, 2.05) is 24.3 Å². The van der Waals surface area contributed by atoms with Crippen molar-refractivity contribution in [2.24, 2.45) is 0 Å². The Balaban J connectivity index is 2.32. The fraction of sp³-hybridized carbons (Fsp3) is 0.333. The number of pyridine rings is 1. The zero-order chi connectivity index (χ0) is 14.5. The van der Waals surface area contributed by atoms with Crippen molar-refractivity contribution in [2.45, 2.75) is 13.3 Å². The van der Waals surface area contributed by atoms with Crippen molar-refractivity contribution < 1.29 is 9.53 Å². The van der Waals surface area contributed by atoms with Crippen molar-refractivity contribution >= 4 is 34.2 Å². The second-order valence-corrected chi connectivity index (χ2v) is 4.83. The monoisotopic (exact) mass is 292 g/mol. The molecule has 0 bridgehead atoms. The second-order valence-electron chi connectivity index (χ2n) is 4.40. The van der Waals surface area contributed by atoms with Crippen LogP contribution < -0.4 is 4.90 Å². The molecule has 0 radical (unpaired) electrons. The van der Waals surface area contributed by atoms with Crippen molar-refractivity contribution in [3.63, 3.8) is 0 Å². The standard InChI is InChI=1S/C15H17ClN2O2/c1-3-18(9-7-15(19)20-2)14-6-8-17-13-10-11(16)4-5-12(13)14/h4-6,8,10H,3,7,9H2,1-2H3. The summed E-state index contributed by atoms with van der Waals surface area (Å²) in [5.74, 6) is -0.204. The number of esters is 1. The SMILES string of the molecule is CCN(CCC(=O)OC)c1ccnc2cc(Cl)ccc12. The molecular weight excluding hydrogens is 276 g/mol. The van der Waals surface area contributed by atoms with E-state index in [0.717, 1.165) is 23.1 Å². The summed E-state index contributed by atoms with van der Waals surface area (Å²) < 4.78 is 4.69. The number of aromatic nitrogens is 1. The van der Waals surface area contributed by atoms with Gasteiger partial charge in [0.25, 0.3) is 0 Å². The molecule has 0 aliphatic carbocycles. The number of nitrogens with zero attached hydrogens (tertiary/aromatic N) is 2. The van der Waals surface area contributed by atoms with Gasteiger partial charge < -0.3 is 9.64 Å². The maximum absolute atomic E-state index is 11.3. The molecule has 0 saturated carbocycles. The molecule has 0 atom stereocenters. The highest BCUT2D eigenvalue weighted by Gasteiger charge is 2.11. The predicted molar refractivity (Wildman–Crippen MR) is 81.3 cm³/mol. The van der Waals surface area contributed by atoms with Crippen LogP contribution >= 0.6 is 11.6 Å². The highest BCUT2D eigenvalue weighted by molar-refractivity contribution is 6.31. The molecule has 2 aromatic rings. The van der Waals surface area contributed by atoms with E-state index in [4.69, 9.17) is 11.6 Å². The summed E-state index contributed by atoms with van der Waals surface area (Å²) in [5, 5.41) is 1.70. The first-order chi connectivity index (χ1) is 9.65. The van der Waals surface area contributed by atoms with E-state index in [-0.39, 0.29) is 5.97 Å². The molecule has 20 heavy (non-hydrogen) atoms. The van der Waals surface area contributed by atoms with Gasteiger partial charge >= 0.3 is 5.97 Å². The van der Waals surface area contributed by atoms with Crippen LogP contribution in [-0.4, -0.2) is 31.2 Å². The average Bonchev–Trinajstić information content (AvgIpc) is 2.47. The van der Waals surface area contributed by atoms with E-state index in [1.54, 1.807) is 6.20 Å². The smallest absolute Gasteiger partial charge is 0.307 e. The summed E-state index contributed by atoms with van der Waals surface area (Å²) in [5.41, 5.74) is 1.91. The molecular formula is C15H17ClN2O2. The van der Waals surface area contributed by atoms with Gasteiger partial charge in [0.05, 0.1) is 19.0 Å². The Morgan fingerprint density at radius 1 is 1.40 bits per heavy atom. The third-order valence-corrected chi connectivity index (χ3v) is 3.45. The molecule has 1 heterocycles. The fourth-order valence-corrected chi connectivity index (χ4v) is 2.33. The van der Waals surface area contributed by atoms with E-state index in [9.17, 15) is 4.79 Å². The summed E-state index contributed by atoms with van der Waals surface area (Å²) >= 11 is 5.99. The quantitative estimate of drug-likeness (QED) is 0.793. The number of benzene rings is 1. The van der Waals surface area contributed by atoms with Gasteiger partial charge in [-0.15, -0.1) is 0 Å². The first kappa shape index (κ1) is 14.6. The molecule has 0 fully saturated rings. The van der Waals surface area contributed by atoms with E-state index in [1.165, 1.54) is 7.11 Å². The van der Waals surface area contributed by atoms with E-state index in [0.29, 0.717) is 18.0 Å². The van der Waals surface area contributed by atoms with Crippen LogP contribution in [0.4, 0.5) is 5.69 Å². The minimum Gasteiger partial charge on any atom is -0.469 e. The molecule has 0 unspecified atom stereocenters. The highest BCUT2D eigenvalue weighted by atomic mass is 35.5. The van der Waals surface area contributed by atoms with E-state index >= 15 is 0 Å². The minimum atomic E-state index is -0.204. The van der Waals surface area contributed by atoms with Gasteiger partial charge in [-0.05, 0) is 31.2 Å². The van der Waals surface area contributed by atoms with E-state index in [2.05, 4.69) is 21.5 Å². The lowest BCUT2D eigenvalue weighted by atomic mass is 10.1. The highest BCUT2D eigenvalue weighted by Crippen LogP contribution is 2.27. The van der Waals surface area contributed by atoms with Gasteiger partial charge in [-0.2, -0.15) is 0 Å². The number of rotatable bonds is 5. The van der Waals surface area contributed by atoms with Gasteiger partial charge in [-0.25, -0.2) is 0 Å². The Hall–Kier alpha value is -1.81. The lowest BCUT2D eigenvalue weighted by molar-refractivity contribution is -0.140. The van der Waals surface area contributed by atoms with E-state index < -0.39 is 0 Å². The Bertz CT molecular complexity index is 616. The molecule has 0 aliphatic rings. The summed E-state index contributed by atoms with van der Waals surface area (Å²) in [6.07, 6.45) is 2.12. The Morgan fingerprint density at radius 3 is 2.90 bits per heavy atom. The average molecular weight is 293 g/mol. The number of anilines is 1. The minimum absolute atomic E-state index is 0.204. The maximum Gasteiger partial charge on any atom is 0.307 e. The van der Waals surface area contributed by atoms with Gasteiger partial charge in [0.15, 0.2) is 0 Å². The molecule has 0 N–H and O–H groups in total. The third kappa shape index (κ3) is 3.20. The number of fused-ring (bicyclic) bond motifs is 1. The molecule has 0 spiro atoms. The molecule has 0 saturated heterocycles. The van der Waals surface area contributed by atoms with Crippen molar-refractivity contribution in [1.82, 2.24) is 4.98 Å². The molecule has 1 aromatic heterocycles. The van der Waals surface area contributed by atoms with Crippen molar-refractivity contribution in [3.05, 3.63) is 35.5 Å². The number of hydrogen-bond acceptors (Lipinski definition) is 4. The normalized spacial score (nSPS) is 10.6. The molecule has 0 aliphatic heterocycles. The van der Waals surface area contributed by atoms with Crippen LogP contribution in [0.15, 0.2) is 30.5 Å². The predicted octanol–water partition coefficient (Wildman–Crippen LogP) is 3.28. The third-order valence-electron chi connectivity index (χ3n) is 3.22. The van der Waals surface area contributed by atoms with Gasteiger partial charge in [0.1, 0.15) is 0 Å². The Labute approximate surface area is 123 Å². The fourth-order valence-electron chi connectivity index (χ4n) is 2.16. The summed E-state index contributed by atoms with van der Waals surface area (Å²) in [7, 11) is 1.41. The van der Waals surface area contributed by atoms with Gasteiger partial charge in [-0.1, -0.05) is 11.6 Å². The number of carbonyl (C=O) groups is 1. The molecule has 1 aromatic carbocycles. The molecule has 5 heteroatoms. The van der Waals surface area contributed by atoms with Crippen molar-refractivity contribution in [1.29, 1.82) is 0 Å². The summed E-state index contributed by atoms with van der Waals surface area (Å²) in [6.45, 7) is 3.48. The van der Waals surface area contributed by atoms with Crippen LogP contribution in [0, 0.1) is 0 Å². The van der Waals surface area contributed by atoms with Gasteiger partial charge in [0.2, 0.25) is 0 Å². The summed E-state index contributed by atoms with van der Waals surface area (Å²) in [6, 6.07) is 7.61. The van der Waals surface area contributed by atoms with Crippen LogP contribution in [0.3, 0.4) is 0 Å². The summed E-state index contributed by atoms with van der Waals surface area (Å²) in [4.78, 5) is 17.8. The Morgan fingerprint density at radius 2 is 2.20 bits per heavy atom. The molecule has 4 nitrogen and oxygen atoms in total. The number of halogens is 1. The lowest BCUT2D eigenvalue weighted by Crippen LogP contribution is -2.26. The van der Waals surface area contributed by atoms with Crippen molar-refractivity contribution in [2.75, 3.05) is 25.1 Å². The number of methoxy groups -OCH3 is 1. The lowest BCUT2D eigenvalue weighted by Gasteiger charge is -2.24.